The average molecular weight is 225 g/mol. The van der Waals surface area contributed by atoms with Crippen LogP contribution in [0.25, 0.3) is 0 Å². The third-order valence-electron chi connectivity index (χ3n) is 2.82. The second-order valence-electron chi connectivity index (χ2n) is 5.03. The summed E-state index contributed by atoms with van der Waals surface area (Å²) in [6, 6.07) is 0.0926. The van der Waals surface area contributed by atoms with Crippen molar-refractivity contribution in [3.05, 3.63) is 20.4 Å². The topological polar surface area (TPSA) is 55.4 Å². The molecule has 1 aromatic rings. The van der Waals surface area contributed by atoms with E-state index in [1.807, 2.05) is 6.92 Å². The van der Waals surface area contributed by atoms with E-state index in [-0.39, 0.29) is 17.2 Å². The van der Waals surface area contributed by atoms with Crippen LogP contribution in [0.15, 0.2) is 9.59 Å². The Hall–Kier alpha value is -1.32. The summed E-state index contributed by atoms with van der Waals surface area (Å²) in [5, 5.41) is 3.06. The van der Waals surface area contributed by atoms with Crippen LogP contribution in [-0.2, 0) is 0 Å². The molecule has 4 nitrogen and oxygen atoms in total. The molecule has 1 N–H and O–H groups in total. The van der Waals surface area contributed by atoms with Gasteiger partial charge in [-0.1, -0.05) is 20.8 Å². The molecule has 0 saturated heterocycles. The predicted octanol–water partition coefficient (Wildman–Crippen LogP) is 1.53. The SMILES string of the molecule is CCOc1c(NC(C)C(C)(C)C)c(=O)c1=O. The Labute approximate surface area is 95.3 Å². The molecule has 1 atom stereocenters. The first-order valence-corrected chi connectivity index (χ1v) is 5.51. The van der Waals surface area contributed by atoms with Crippen molar-refractivity contribution in [2.45, 2.75) is 40.7 Å². The summed E-state index contributed by atoms with van der Waals surface area (Å²) in [5.41, 5.74) is -0.650. The molecule has 0 aliphatic carbocycles. The molecule has 0 radical (unpaired) electrons. The molecular formula is C12H19NO3. The summed E-state index contributed by atoms with van der Waals surface area (Å²) >= 11 is 0. The van der Waals surface area contributed by atoms with E-state index in [2.05, 4.69) is 26.1 Å². The molecule has 0 spiro atoms. The maximum Gasteiger partial charge on any atom is 0.272 e. The minimum atomic E-state index is -0.523. The summed E-state index contributed by atoms with van der Waals surface area (Å²) in [6.45, 7) is 10.4. The van der Waals surface area contributed by atoms with Crippen molar-refractivity contribution in [2.75, 3.05) is 11.9 Å². The van der Waals surface area contributed by atoms with Crippen LogP contribution in [0.3, 0.4) is 0 Å². The Morgan fingerprint density at radius 1 is 1.25 bits per heavy atom. The van der Waals surface area contributed by atoms with Crippen LogP contribution in [-0.4, -0.2) is 12.6 Å². The summed E-state index contributed by atoms with van der Waals surface area (Å²) in [5.74, 6) is 0.184. The van der Waals surface area contributed by atoms with E-state index in [9.17, 15) is 9.59 Å². The van der Waals surface area contributed by atoms with Crippen molar-refractivity contribution in [1.29, 1.82) is 0 Å². The van der Waals surface area contributed by atoms with Crippen molar-refractivity contribution in [2.24, 2.45) is 5.41 Å². The highest BCUT2D eigenvalue weighted by atomic mass is 16.5. The Balaban J connectivity index is 2.87. The molecule has 0 fully saturated rings. The molecule has 90 valence electrons. The van der Waals surface area contributed by atoms with E-state index in [0.717, 1.165) is 0 Å². The quantitative estimate of drug-likeness (QED) is 0.789. The lowest BCUT2D eigenvalue weighted by atomic mass is 9.88. The zero-order chi connectivity index (χ0) is 12.5. The summed E-state index contributed by atoms with van der Waals surface area (Å²) in [7, 11) is 0. The van der Waals surface area contributed by atoms with Gasteiger partial charge in [-0.2, -0.15) is 0 Å². The number of nitrogens with one attached hydrogen (secondary N) is 1. The zero-order valence-electron chi connectivity index (χ0n) is 10.5. The van der Waals surface area contributed by atoms with Gasteiger partial charge in [0, 0.05) is 6.04 Å². The van der Waals surface area contributed by atoms with Gasteiger partial charge in [-0.25, -0.2) is 0 Å². The van der Waals surface area contributed by atoms with E-state index in [4.69, 9.17) is 4.74 Å². The lowest BCUT2D eigenvalue weighted by Crippen LogP contribution is -2.41. The number of anilines is 1. The van der Waals surface area contributed by atoms with E-state index in [0.29, 0.717) is 12.3 Å². The molecule has 16 heavy (non-hydrogen) atoms. The van der Waals surface area contributed by atoms with E-state index in [1.165, 1.54) is 0 Å². The number of rotatable bonds is 4. The van der Waals surface area contributed by atoms with Crippen LogP contribution in [0.4, 0.5) is 5.69 Å². The summed E-state index contributed by atoms with van der Waals surface area (Å²) in [4.78, 5) is 22.6. The van der Waals surface area contributed by atoms with Crippen LogP contribution in [0, 0.1) is 5.41 Å². The van der Waals surface area contributed by atoms with Crippen molar-refractivity contribution in [3.8, 4) is 5.75 Å². The van der Waals surface area contributed by atoms with Gasteiger partial charge < -0.3 is 10.1 Å². The minimum Gasteiger partial charge on any atom is -0.488 e. The third kappa shape index (κ3) is 2.26. The Bertz CT molecular complexity index is 436. The Morgan fingerprint density at radius 2 is 1.81 bits per heavy atom. The van der Waals surface area contributed by atoms with Crippen LogP contribution >= 0.6 is 0 Å². The molecule has 0 bridgehead atoms. The molecule has 1 rings (SSSR count). The zero-order valence-corrected chi connectivity index (χ0v) is 10.5. The largest absolute Gasteiger partial charge is 0.488 e. The van der Waals surface area contributed by atoms with Gasteiger partial charge in [0.05, 0.1) is 6.61 Å². The van der Waals surface area contributed by atoms with Gasteiger partial charge in [-0.15, -0.1) is 0 Å². The molecule has 1 unspecified atom stereocenters. The second kappa shape index (κ2) is 4.28. The summed E-state index contributed by atoms with van der Waals surface area (Å²) < 4.78 is 5.13. The fraction of sp³-hybridized carbons (Fsp3) is 0.667. The van der Waals surface area contributed by atoms with Gasteiger partial charge >= 0.3 is 0 Å². The maximum atomic E-state index is 11.4. The number of hydrogen-bond acceptors (Lipinski definition) is 4. The molecule has 0 aliphatic rings. The molecule has 0 aromatic heterocycles. The van der Waals surface area contributed by atoms with Crippen molar-refractivity contribution in [1.82, 2.24) is 0 Å². The standard InChI is InChI=1S/C12H19NO3/c1-6-16-11-8(9(14)10(11)15)13-7(2)12(3,4)5/h7,13H,6H2,1-5H3. The van der Waals surface area contributed by atoms with Gasteiger partial charge in [0.25, 0.3) is 10.9 Å². The molecular weight excluding hydrogens is 206 g/mol. The van der Waals surface area contributed by atoms with Crippen molar-refractivity contribution >= 4 is 5.69 Å². The third-order valence-corrected chi connectivity index (χ3v) is 2.82. The average Bonchev–Trinajstić information content (AvgIpc) is 2.20. The molecule has 0 amide bonds. The van der Waals surface area contributed by atoms with E-state index >= 15 is 0 Å². The molecule has 1 aromatic carbocycles. The minimum absolute atomic E-state index is 0.0171. The maximum absolute atomic E-state index is 11.4. The van der Waals surface area contributed by atoms with Crippen molar-refractivity contribution < 1.29 is 4.74 Å². The second-order valence-corrected chi connectivity index (χ2v) is 5.03. The fourth-order valence-corrected chi connectivity index (χ4v) is 1.22. The van der Waals surface area contributed by atoms with Gasteiger partial charge in [-0.3, -0.25) is 9.59 Å². The van der Waals surface area contributed by atoms with E-state index in [1.54, 1.807) is 6.92 Å². The lowest BCUT2D eigenvalue weighted by molar-refractivity contribution is 0.329. The predicted molar refractivity (Wildman–Crippen MR) is 65.1 cm³/mol. The highest BCUT2D eigenvalue weighted by molar-refractivity contribution is 5.62. The van der Waals surface area contributed by atoms with Crippen LogP contribution in [0.1, 0.15) is 34.6 Å². The monoisotopic (exact) mass is 225 g/mol. The van der Waals surface area contributed by atoms with Crippen LogP contribution in [0.2, 0.25) is 0 Å². The van der Waals surface area contributed by atoms with Gasteiger partial charge in [0.15, 0.2) is 5.75 Å². The molecule has 0 heterocycles. The first kappa shape index (κ1) is 12.7. The molecule has 0 saturated carbocycles. The normalized spacial score (nSPS) is 13.8. The lowest BCUT2D eigenvalue weighted by Gasteiger charge is -2.29. The highest BCUT2D eigenvalue weighted by Gasteiger charge is 2.27. The van der Waals surface area contributed by atoms with Gasteiger partial charge in [0.2, 0.25) is 0 Å². The van der Waals surface area contributed by atoms with E-state index < -0.39 is 10.9 Å². The smallest absolute Gasteiger partial charge is 0.272 e. The molecule has 0 aliphatic heterocycles. The van der Waals surface area contributed by atoms with Gasteiger partial charge in [-0.05, 0) is 19.3 Å². The first-order valence-electron chi connectivity index (χ1n) is 5.51. The number of ether oxygens (including phenoxy) is 1. The van der Waals surface area contributed by atoms with Crippen LogP contribution < -0.4 is 20.9 Å². The van der Waals surface area contributed by atoms with Gasteiger partial charge in [0.1, 0.15) is 5.69 Å². The summed E-state index contributed by atoms with van der Waals surface area (Å²) in [6.07, 6.45) is 0. The first-order chi connectivity index (χ1) is 7.29. The highest BCUT2D eigenvalue weighted by Crippen LogP contribution is 2.25. The fourth-order valence-electron chi connectivity index (χ4n) is 1.22. The van der Waals surface area contributed by atoms with Crippen molar-refractivity contribution in [3.63, 3.8) is 0 Å². The Kier molecular flexibility index (Phi) is 3.41. The molecule has 4 heteroatoms. The van der Waals surface area contributed by atoms with Crippen LogP contribution in [0.5, 0.6) is 5.75 Å². The number of hydrogen-bond donors (Lipinski definition) is 1. The Morgan fingerprint density at radius 3 is 2.25 bits per heavy atom.